The number of alkyl halides is 1. The summed E-state index contributed by atoms with van der Waals surface area (Å²) in [5.41, 5.74) is 0.194. The van der Waals surface area contributed by atoms with Crippen molar-refractivity contribution in [1.82, 2.24) is 5.32 Å². The predicted octanol–water partition coefficient (Wildman–Crippen LogP) is 3.82. The molecule has 1 saturated carbocycles. The highest BCUT2D eigenvalue weighted by molar-refractivity contribution is 9.10. The number of hydrogen-bond acceptors (Lipinski definition) is 2. The SMILES string of the molecule is CC1(C)C(Cl)CC1NCCOc1ccc(Br)cc1. The zero-order valence-electron chi connectivity index (χ0n) is 10.7. The third kappa shape index (κ3) is 3.19. The molecular formula is C14H19BrClNO. The van der Waals surface area contributed by atoms with E-state index in [1.165, 1.54) is 0 Å². The monoisotopic (exact) mass is 331 g/mol. The molecule has 2 nitrogen and oxygen atoms in total. The summed E-state index contributed by atoms with van der Waals surface area (Å²) in [6.07, 6.45) is 1.05. The number of rotatable bonds is 5. The van der Waals surface area contributed by atoms with E-state index in [0.717, 1.165) is 23.2 Å². The summed E-state index contributed by atoms with van der Waals surface area (Å²) < 4.78 is 6.73. The Bertz CT molecular complexity index is 393. The van der Waals surface area contributed by atoms with Gasteiger partial charge in [0.15, 0.2) is 0 Å². The van der Waals surface area contributed by atoms with Crippen molar-refractivity contribution in [1.29, 1.82) is 0 Å². The van der Waals surface area contributed by atoms with Crippen molar-refractivity contribution in [2.75, 3.05) is 13.2 Å². The summed E-state index contributed by atoms with van der Waals surface area (Å²) in [4.78, 5) is 0. The highest BCUT2D eigenvalue weighted by Crippen LogP contribution is 2.44. The van der Waals surface area contributed by atoms with Gasteiger partial charge in [-0.25, -0.2) is 0 Å². The van der Waals surface area contributed by atoms with Gasteiger partial charge in [0, 0.05) is 22.4 Å². The van der Waals surface area contributed by atoms with Crippen molar-refractivity contribution in [3.63, 3.8) is 0 Å². The Morgan fingerprint density at radius 2 is 2.06 bits per heavy atom. The molecule has 0 aromatic heterocycles. The largest absolute Gasteiger partial charge is 0.492 e. The van der Waals surface area contributed by atoms with E-state index < -0.39 is 0 Å². The molecule has 0 radical (unpaired) electrons. The standard InChI is InChI=1S/C14H19BrClNO/c1-14(2)12(16)9-13(14)17-7-8-18-11-5-3-10(15)4-6-11/h3-6,12-13,17H,7-9H2,1-2H3. The first-order valence-electron chi connectivity index (χ1n) is 6.26. The molecule has 1 aromatic rings. The average molecular weight is 333 g/mol. The maximum absolute atomic E-state index is 6.18. The highest BCUT2D eigenvalue weighted by atomic mass is 79.9. The van der Waals surface area contributed by atoms with Gasteiger partial charge >= 0.3 is 0 Å². The first-order valence-corrected chi connectivity index (χ1v) is 7.49. The van der Waals surface area contributed by atoms with Gasteiger partial charge in [0.2, 0.25) is 0 Å². The fraction of sp³-hybridized carbons (Fsp3) is 0.571. The number of halogens is 2. The Hall–Kier alpha value is -0.250. The van der Waals surface area contributed by atoms with Gasteiger partial charge < -0.3 is 10.1 Å². The molecule has 1 N–H and O–H groups in total. The van der Waals surface area contributed by atoms with E-state index >= 15 is 0 Å². The quantitative estimate of drug-likeness (QED) is 0.654. The van der Waals surface area contributed by atoms with Crippen LogP contribution in [0.2, 0.25) is 0 Å². The van der Waals surface area contributed by atoms with E-state index in [2.05, 4.69) is 35.1 Å². The number of hydrogen-bond donors (Lipinski definition) is 1. The third-order valence-electron chi connectivity index (χ3n) is 3.72. The molecule has 4 heteroatoms. The van der Waals surface area contributed by atoms with Gasteiger partial charge in [0.25, 0.3) is 0 Å². The number of nitrogens with one attached hydrogen (secondary N) is 1. The minimum absolute atomic E-state index is 0.194. The maximum atomic E-state index is 6.18. The van der Waals surface area contributed by atoms with Crippen molar-refractivity contribution in [2.45, 2.75) is 31.7 Å². The fourth-order valence-electron chi connectivity index (χ4n) is 2.15. The lowest BCUT2D eigenvalue weighted by Crippen LogP contribution is -2.58. The Morgan fingerprint density at radius 1 is 1.39 bits per heavy atom. The molecule has 0 aliphatic heterocycles. The second kappa shape index (κ2) is 5.81. The molecular weight excluding hydrogens is 314 g/mol. The van der Waals surface area contributed by atoms with Gasteiger partial charge in [0.1, 0.15) is 12.4 Å². The maximum Gasteiger partial charge on any atom is 0.119 e. The molecule has 0 bridgehead atoms. The average Bonchev–Trinajstić information content (AvgIpc) is 2.35. The highest BCUT2D eigenvalue weighted by Gasteiger charge is 2.46. The topological polar surface area (TPSA) is 21.3 Å². The smallest absolute Gasteiger partial charge is 0.119 e. The van der Waals surface area contributed by atoms with Gasteiger partial charge in [-0.15, -0.1) is 11.6 Å². The summed E-state index contributed by atoms with van der Waals surface area (Å²) in [6.45, 7) is 5.96. The molecule has 0 heterocycles. The van der Waals surface area contributed by atoms with Crippen LogP contribution in [0, 0.1) is 5.41 Å². The van der Waals surface area contributed by atoms with Crippen LogP contribution in [0.15, 0.2) is 28.7 Å². The molecule has 0 spiro atoms. The Balaban J connectivity index is 1.66. The Labute approximate surface area is 122 Å². The van der Waals surface area contributed by atoms with Crippen LogP contribution in [0.5, 0.6) is 5.75 Å². The second-order valence-electron chi connectivity index (χ2n) is 5.33. The van der Waals surface area contributed by atoms with Crippen LogP contribution in [0.25, 0.3) is 0 Å². The lowest BCUT2D eigenvalue weighted by molar-refractivity contribution is 0.112. The van der Waals surface area contributed by atoms with Crippen LogP contribution in [0.4, 0.5) is 0 Å². The molecule has 1 aliphatic rings. The van der Waals surface area contributed by atoms with Crippen LogP contribution >= 0.6 is 27.5 Å². The summed E-state index contributed by atoms with van der Waals surface area (Å²) in [7, 11) is 0. The first kappa shape index (κ1) is 14.2. The summed E-state index contributed by atoms with van der Waals surface area (Å²) in [5, 5.41) is 3.80. The minimum atomic E-state index is 0.194. The van der Waals surface area contributed by atoms with Gasteiger partial charge in [0.05, 0.1) is 0 Å². The van der Waals surface area contributed by atoms with Crippen molar-refractivity contribution >= 4 is 27.5 Å². The molecule has 2 rings (SSSR count). The lowest BCUT2D eigenvalue weighted by atomic mass is 9.67. The van der Waals surface area contributed by atoms with Gasteiger partial charge in [-0.05, 0) is 36.1 Å². The normalized spacial score (nSPS) is 25.6. The molecule has 0 saturated heterocycles. The van der Waals surface area contributed by atoms with Crippen LogP contribution in [-0.4, -0.2) is 24.6 Å². The number of benzene rings is 1. The van der Waals surface area contributed by atoms with E-state index in [0.29, 0.717) is 18.0 Å². The molecule has 2 unspecified atom stereocenters. The van der Waals surface area contributed by atoms with E-state index in [1.54, 1.807) is 0 Å². The van der Waals surface area contributed by atoms with Gasteiger partial charge in [-0.1, -0.05) is 29.8 Å². The Morgan fingerprint density at radius 3 is 2.61 bits per heavy atom. The molecule has 1 aliphatic carbocycles. The third-order valence-corrected chi connectivity index (χ3v) is 4.99. The van der Waals surface area contributed by atoms with Crippen molar-refractivity contribution in [2.24, 2.45) is 5.41 Å². The van der Waals surface area contributed by atoms with Crippen LogP contribution in [-0.2, 0) is 0 Å². The zero-order chi connectivity index (χ0) is 13.2. The minimum Gasteiger partial charge on any atom is -0.492 e. The van der Waals surface area contributed by atoms with E-state index in [4.69, 9.17) is 16.3 Å². The van der Waals surface area contributed by atoms with E-state index in [9.17, 15) is 0 Å². The fourth-order valence-corrected chi connectivity index (χ4v) is 2.75. The van der Waals surface area contributed by atoms with E-state index in [1.807, 2.05) is 24.3 Å². The van der Waals surface area contributed by atoms with Crippen LogP contribution in [0.1, 0.15) is 20.3 Å². The van der Waals surface area contributed by atoms with Crippen LogP contribution in [0.3, 0.4) is 0 Å². The van der Waals surface area contributed by atoms with Crippen molar-refractivity contribution in [3.05, 3.63) is 28.7 Å². The summed E-state index contributed by atoms with van der Waals surface area (Å²) in [5.74, 6) is 0.906. The Kier molecular flexibility index (Phi) is 4.57. The zero-order valence-corrected chi connectivity index (χ0v) is 13.1. The van der Waals surface area contributed by atoms with Crippen LogP contribution < -0.4 is 10.1 Å². The molecule has 18 heavy (non-hydrogen) atoms. The van der Waals surface area contributed by atoms with E-state index in [-0.39, 0.29) is 5.41 Å². The van der Waals surface area contributed by atoms with Crippen molar-refractivity contribution in [3.8, 4) is 5.75 Å². The van der Waals surface area contributed by atoms with Gasteiger partial charge in [-0.3, -0.25) is 0 Å². The second-order valence-corrected chi connectivity index (χ2v) is 6.78. The molecule has 2 atom stereocenters. The van der Waals surface area contributed by atoms with Gasteiger partial charge in [-0.2, -0.15) is 0 Å². The van der Waals surface area contributed by atoms with Crippen molar-refractivity contribution < 1.29 is 4.74 Å². The molecule has 0 amide bonds. The number of ether oxygens (including phenoxy) is 1. The first-order chi connectivity index (χ1) is 8.50. The molecule has 100 valence electrons. The lowest BCUT2D eigenvalue weighted by Gasteiger charge is -2.49. The molecule has 1 aromatic carbocycles. The summed E-state index contributed by atoms with van der Waals surface area (Å²) >= 11 is 9.58. The summed E-state index contributed by atoms with van der Waals surface area (Å²) in [6, 6.07) is 8.40. The molecule has 1 fully saturated rings. The predicted molar refractivity (Wildman–Crippen MR) is 79.5 cm³/mol.